The van der Waals surface area contributed by atoms with Gasteiger partial charge in [0, 0.05) is 19.0 Å². The van der Waals surface area contributed by atoms with Crippen molar-refractivity contribution in [3.8, 4) is 11.5 Å². The molecule has 1 aromatic rings. The number of phenolic OH excluding ortho intramolecular Hbond substituents is 1. The van der Waals surface area contributed by atoms with Gasteiger partial charge >= 0.3 is 0 Å². The number of ether oxygens (including phenoxy) is 1. The van der Waals surface area contributed by atoms with Crippen molar-refractivity contribution in [1.29, 1.82) is 0 Å². The first kappa shape index (κ1) is 14.7. The molecule has 0 bridgehead atoms. The Balaban J connectivity index is 2.02. The van der Waals surface area contributed by atoms with E-state index >= 15 is 0 Å². The number of nitrogens with zero attached hydrogens (tertiary/aromatic N) is 1. The maximum absolute atomic E-state index is 10.8. The summed E-state index contributed by atoms with van der Waals surface area (Å²) in [4.78, 5) is 12.5. The molecule has 110 valence electrons. The van der Waals surface area contributed by atoms with Crippen molar-refractivity contribution in [2.45, 2.75) is 19.4 Å². The largest absolute Gasteiger partial charge is 0.504 e. The van der Waals surface area contributed by atoms with E-state index in [2.05, 4.69) is 0 Å². The van der Waals surface area contributed by atoms with Crippen LogP contribution < -0.4 is 4.74 Å². The standard InChI is InChI=1S/C15H21NO4/c1-10-7-16(9-17)8-12(10)13(18)5-11-3-4-15(20-2)14(19)6-11/h3-4,6,9-10,12-13,18-19H,5,7-8H2,1-2H3/t10-,12-,13-/m1/s1. The number of amides is 1. The van der Waals surface area contributed by atoms with Gasteiger partial charge in [-0.3, -0.25) is 4.79 Å². The van der Waals surface area contributed by atoms with Crippen LogP contribution in [0.5, 0.6) is 11.5 Å². The molecule has 0 saturated carbocycles. The molecule has 0 spiro atoms. The zero-order valence-corrected chi connectivity index (χ0v) is 11.8. The summed E-state index contributed by atoms with van der Waals surface area (Å²) in [5.41, 5.74) is 0.854. The van der Waals surface area contributed by atoms with Crippen LogP contribution in [0.3, 0.4) is 0 Å². The molecule has 1 aliphatic rings. The summed E-state index contributed by atoms with van der Waals surface area (Å²) in [6, 6.07) is 5.13. The number of hydrogen-bond donors (Lipinski definition) is 2. The molecule has 5 nitrogen and oxygen atoms in total. The number of methoxy groups -OCH3 is 1. The van der Waals surface area contributed by atoms with Gasteiger partial charge in [-0.1, -0.05) is 13.0 Å². The highest BCUT2D eigenvalue weighted by Crippen LogP contribution is 2.30. The van der Waals surface area contributed by atoms with Gasteiger partial charge in [-0.15, -0.1) is 0 Å². The fourth-order valence-electron chi connectivity index (χ4n) is 2.87. The summed E-state index contributed by atoms with van der Waals surface area (Å²) in [5.74, 6) is 0.849. The Bertz CT molecular complexity index is 477. The molecule has 1 amide bonds. The molecular formula is C15H21NO4. The molecule has 1 aliphatic heterocycles. The van der Waals surface area contributed by atoms with Crippen molar-refractivity contribution in [2.24, 2.45) is 11.8 Å². The van der Waals surface area contributed by atoms with E-state index in [1.54, 1.807) is 17.0 Å². The predicted octanol–water partition coefficient (Wildman–Crippen LogP) is 1.03. The number of aliphatic hydroxyl groups excluding tert-OH is 1. The van der Waals surface area contributed by atoms with Crippen LogP contribution in [0.15, 0.2) is 18.2 Å². The highest BCUT2D eigenvalue weighted by atomic mass is 16.5. The maximum Gasteiger partial charge on any atom is 0.209 e. The first-order chi connectivity index (χ1) is 9.55. The van der Waals surface area contributed by atoms with Crippen molar-refractivity contribution in [3.05, 3.63) is 23.8 Å². The van der Waals surface area contributed by atoms with Gasteiger partial charge in [0.05, 0.1) is 13.2 Å². The first-order valence-electron chi connectivity index (χ1n) is 6.78. The third-order valence-corrected chi connectivity index (χ3v) is 4.03. The number of rotatable bonds is 5. The SMILES string of the molecule is COc1ccc(C[C@@H](O)[C@@H]2CN(C=O)C[C@H]2C)cc1O. The van der Waals surface area contributed by atoms with Gasteiger partial charge in [0.15, 0.2) is 11.5 Å². The van der Waals surface area contributed by atoms with Crippen molar-refractivity contribution in [2.75, 3.05) is 20.2 Å². The smallest absolute Gasteiger partial charge is 0.209 e. The van der Waals surface area contributed by atoms with Gasteiger partial charge < -0.3 is 19.8 Å². The number of aliphatic hydroxyl groups is 1. The van der Waals surface area contributed by atoms with Gasteiger partial charge in [-0.2, -0.15) is 0 Å². The molecule has 1 aromatic carbocycles. The van der Waals surface area contributed by atoms with Crippen LogP contribution in [-0.2, 0) is 11.2 Å². The van der Waals surface area contributed by atoms with Crippen LogP contribution in [-0.4, -0.2) is 47.8 Å². The van der Waals surface area contributed by atoms with Gasteiger partial charge in [-0.25, -0.2) is 0 Å². The number of carbonyl (C=O) groups is 1. The number of phenols is 1. The molecule has 5 heteroatoms. The fourth-order valence-corrected chi connectivity index (χ4v) is 2.87. The first-order valence-corrected chi connectivity index (χ1v) is 6.78. The maximum atomic E-state index is 10.8. The van der Waals surface area contributed by atoms with E-state index in [0.717, 1.165) is 12.0 Å². The zero-order valence-electron chi connectivity index (χ0n) is 11.8. The summed E-state index contributed by atoms with van der Waals surface area (Å²) < 4.78 is 4.99. The number of hydrogen-bond acceptors (Lipinski definition) is 4. The number of carbonyl (C=O) groups excluding carboxylic acids is 1. The van der Waals surface area contributed by atoms with Crippen molar-refractivity contribution in [3.63, 3.8) is 0 Å². The molecule has 3 atom stereocenters. The van der Waals surface area contributed by atoms with Gasteiger partial charge in [0.2, 0.25) is 6.41 Å². The van der Waals surface area contributed by atoms with E-state index in [-0.39, 0.29) is 17.6 Å². The molecule has 2 N–H and O–H groups in total. The topological polar surface area (TPSA) is 70.0 Å². The Labute approximate surface area is 118 Å². The lowest BCUT2D eigenvalue weighted by molar-refractivity contribution is -0.117. The van der Waals surface area contributed by atoms with Crippen LogP contribution in [0.2, 0.25) is 0 Å². The molecule has 0 aromatic heterocycles. The normalized spacial score (nSPS) is 23.6. The van der Waals surface area contributed by atoms with Gasteiger partial charge in [0.25, 0.3) is 0 Å². The second kappa shape index (κ2) is 6.13. The lowest BCUT2D eigenvalue weighted by atomic mass is 9.89. The molecule has 0 unspecified atom stereocenters. The summed E-state index contributed by atoms with van der Waals surface area (Å²) in [6.07, 6.45) is 0.768. The van der Waals surface area contributed by atoms with Gasteiger partial charge in [0.1, 0.15) is 0 Å². The minimum absolute atomic E-state index is 0.0736. The highest BCUT2D eigenvalue weighted by Gasteiger charge is 2.33. The highest BCUT2D eigenvalue weighted by molar-refractivity contribution is 5.47. The second-order valence-corrected chi connectivity index (χ2v) is 5.48. The second-order valence-electron chi connectivity index (χ2n) is 5.48. The third kappa shape index (κ3) is 3.04. The lowest BCUT2D eigenvalue weighted by Gasteiger charge is -2.21. The molecule has 1 fully saturated rings. The Hall–Kier alpha value is -1.75. The van der Waals surface area contributed by atoms with Crippen LogP contribution in [0, 0.1) is 11.8 Å². The Morgan fingerprint density at radius 1 is 1.50 bits per heavy atom. The van der Waals surface area contributed by atoms with E-state index in [4.69, 9.17) is 4.74 Å². The monoisotopic (exact) mass is 279 g/mol. The Morgan fingerprint density at radius 3 is 2.80 bits per heavy atom. The number of benzene rings is 1. The zero-order chi connectivity index (χ0) is 14.7. The van der Waals surface area contributed by atoms with Crippen molar-refractivity contribution >= 4 is 6.41 Å². The minimum Gasteiger partial charge on any atom is -0.504 e. The molecule has 0 radical (unpaired) electrons. The average molecular weight is 279 g/mol. The van der Waals surface area contributed by atoms with E-state index in [1.807, 2.05) is 13.0 Å². The van der Waals surface area contributed by atoms with Crippen LogP contribution in [0.25, 0.3) is 0 Å². The van der Waals surface area contributed by atoms with Crippen LogP contribution in [0.4, 0.5) is 0 Å². The summed E-state index contributed by atoms with van der Waals surface area (Å²) in [6.45, 7) is 3.33. The van der Waals surface area contributed by atoms with E-state index in [9.17, 15) is 15.0 Å². The van der Waals surface area contributed by atoms with E-state index < -0.39 is 6.10 Å². The Kier molecular flexibility index (Phi) is 4.49. The van der Waals surface area contributed by atoms with E-state index in [1.165, 1.54) is 7.11 Å². The third-order valence-electron chi connectivity index (χ3n) is 4.03. The molecule has 1 heterocycles. The van der Waals surface area contributed by atoms with Crippen LogP contribution in [0.1, 0.15) is 12.5 Å². The summed E-state index contributed by atoms with van der Waals surface area (Å²) in [5, 5.41) is 20.1. The summed E-state index contributed by atoms with van der Waals surface area (Å²) in [7, 11) is 1.50. The average Bonchev–Trinajstić information content (AvgIpc) is 2.80. The van der Waals surface area contributed by atoms with E-state index in [0.29, 0.717) is 25.3 Å². The van der Waals surface area contributed by atoms with Crippen molar-refractivity contribution in [1.82, 2.24) is 4.90 Å². The minimum atomic E-state index is -0.525. The summed E-state index contributed by atoms with van der Waals surface area (Å²) >= 11 is 0. The van der Waals surface area contributed by atoms with Gasteiger partial charge in [-0.05, 0) is 30.0 Å². The molecule has 1 saturated heterocycles. The predicted molar refractivity (Wildman–Crippen MR) is 74.7 cm³/mol. The molecule has 2 rings (SSSR count). The molecular weight excluding hydrogens is 258 g/mol. The number of likely N-dealkylation sites (tertiary alicyclic amines) is 1. The Morgan fingerprint density at radius 2 is 2.25 bits per heavy atom. The van der Waals surface area contributed by atoms with Crippen LogP contribution >= 0.6 is 0 Å². The molecule has 0 aliphatic carbocycles. The fraction of sp³-hybridized carbons (Fsp3) is 0.533. The lowest BCUT2D eigenvalue weighted by Crippen LogP contribution is -2.28. The number of aromatic hydroxyl groups is 1. The quantitative estimate of drug-likeness (QED) is 0.790. The van der Waals surface area contributed by atoms with Crippen molar-refractivity contribution < 1.29 is 19.7 Å². The molecule has 20 heavy (non-hydrogen) atoms.